The number of hydrogen-bond donors (Lipinski definition) is 3. The Labute approximate surface area is 184 Å². The average Bonchev–Trinajstić information content (AvgIpc) is 2.68. The summed E-state index contributed by atoms with van der Waals surface area (Å²) >= 11 is 1.38. The molecule has 1 aromatic carbocycles. The molecule has 8 heteroatoms. The van der Waals surface area contributed by atoms with Crippen LogP contribution in [0.4, 0.5) is 0 Å². The van der Waals surface area contributed by atoms with Crippen molar-refractivity contribution in [2.24, 2.45) is 0 Å². The second-order valence-corrected chi connectivity index (χ2v) is 7.87. The van der Waals surface area contributed by atoms with Crippen molar-refractivity contribution >= 4 is 29.9 Å². The summed E-state index contributed by atoms with van der Waals surface area (Å²) in [6.45, 7) is 10.3. The molecule has 0 amide bonds. The maximum absolute atomic E-state index is 10.2. The van der Waals surface area contributed by atoms with Gasteiger partial charge in [0.05, 0.1) is 25.0 Å². The lowest BCUT2D eigenvalue weighted by atomic mass is 9.97. The van der Waals surface area contributed by atoms with Gasteiger partial charge in [0, 0.05) is 30.4 Å². The normalized spacial score (nSPS) is 15.5. The van der Waals surface area contributed by atoms with Crippen LogP contribution in [0, 0.1) is 11.3 Å². The molecule has 0 fully saturated rings. The number of nitrogens with one attached hydrogen (secondary N) is 2. The van der Waals surface area contributed by atoms with Crippen molar-refractivity contribution in [1.29, 1.82) is 5.26 Å². The highest BCUT2D eigenvalue weighted by molar-refractivity contribution is 8.03. The Balaban J connectivity index is 0.00000420. The number of rotatable bonds is 10. The maximum Gasteiger partial charge on any atom is 0.161 e. The third-order valence-electron chi connectivity index (χ3n) is 4.25. The van der Waals surface area contributed by atoms with Crippen LogP contribution < -0.4 is 20.1 Å². The van der Waals surface area contributed by atoms with Crippen molar-refractivity contribution in [3.05, 3.63) is 28.2 Å². The molecular weight excluding hydrogens is 410 g/mol. The molecular formula is C21H32ClN3O3S. The van der Waals surface area contributed by atoms with Crippen molar-refractivity contribution in [3.63, 3.8) is 0 Å². The van der Waals surface area contributed by atoms with Crippen LogP contribution in [-0.4, -0.2) is 49.3 Å². The molecule has 1 aliphatic heterocycles. The predicted octanol–water partition coefficient (Wildman–Crippen LogP) is 3.34. The van der Waals surface area contributed by atoms with Gasteiger partial charge in [0.15, 0.2) is 11.5 Å². The number of nitriles is 1. The molecule has 2 rings (SSSR count). The second-order valence-electron chi connectivity index (χ2n) is 6.84. The van der Waals surface area contributed by atoms with Gasteiger partial charge < -0.3 is 25.2 Å². The Bertz CT molecular complexity index is 735. The number of hydrogen-bond acceptors (Lipinski definition) is 7. The highest BCUT2D eigenvalue weighted by Crippen LogP contribution is 2.37. The number of ether oxygens (including phenoxy) is 2. The van der Waals surface area contributed by atoms with E-state index in [0.29, 0.717) is 42.2 Å². The minimum atomic E-state index is -0.515. The summed E-state index contributed by atoms with van der Waals surface area (Å²) in [6, 6.07) is 6.60. The Morgan fingerprint density at radius 3 is 2.52 bits per heavy atom. The summed E-state index contributed by atoms with van der Waals surface area (Å²) < 4.78 is 11.5. The van der Waals surface area contributed by atoms with Gasteiger partial charge in [-0.25, -0.2) is 0 Å². The first-order valence-corrected chi connectivity index (χ1v) is 10.8. The lowest BCUT2D eigenvalue weighted by Gasteiger charge is -2.24. The molecule has 162 valence electrons. The van der Waals surface area contributed by atoms with Crippen LogP contribution in [-0.2, 0) is 6.42 Å². The van der Waals surface area contributed by atoms with E-state index in [1.54, 1.807) is 0 Å². The minimum Gasteiger partial charge on any atom is -0.490 e. The van der Waals surface area contributed by atoms with Crippen LogP contribution in [0.15, 0.2) is 17.0 Å². The van der Waals surface area contributed by atoms with Crippen molar-refractivity contribution in [2.45, 2.75) is 46.3 Å². The van der Waals surface area contributed by atoms with Crippen molar-refractivity contribution < 1.29 is 14.6 Å². The molecule has 0 saturated carbocycles. The van der Waals surface area contributed by atoms with Gasteiger partial charge in [-0.1, -0.05) is 13.8 Å². The zero-order valence-electron chi connectivity index (χ0n) is 17.6. The fourth-order valence-corrected chi connectivity index (χ4v) is 3.84. The summed E-state index contributed by atoms with van der Waals surface area (Å²) in [5, 5.41) is 26.5. The second kappa shape index (κ2) is 12.9. The van der Waals surface area contributed by atoms with E-state index in [4.69, 9.17) is 9.47 Å². The number of aliphatic hydroxyl groups excluding tert-OH is 1. The Kier molecular flexibility index (Phi) is 11.3. The van der Waals surface area contributed by atoms with Gasteiger partial charge in [0.2, 0.25) is 0 Å². The van der Waals surface area contributed by atoms with Crippen molar-refractivity contribution in [2.75, 3.05) is 32.1 Å². The molecule has 1 atom stereocenters. The number of aliphatic hydroxyl groups is 1. The SMILES string of the molecule is CCOc1cc2c(cc1OCC)C(=C(C#N)SCC(O)CNC(C)C)NCC2.Cl. The molecule has 0 spiro atoms. The molecule has 0 bridgehead atoms. The fourth-order valence-electron chi connectivity index (χ4n) is 2.97. The molecule has 0 saturated heterocycles. The van der Waals surface area contributed by atoms with Gasteiger partial charge in [0.1, 0.15) is 11.0 Å². The molecule has 29 heavy (non-hydrogen) atoms. The molecule has 0 radical (unpaired) electrons. The highest BCUT2D eigenvalue weighted by atomic mass is 35.5. The van der Waals surface area contributed by atoms with Gasteiger partial charge in [-0.05, 0) is 38.0 Å². The molecule has 1 aromatic rings. The summed E-state index contributed by atoms with van der Waals surface area (Å²) in [4.78, 5) is 0.580. The van der Waals surface area contributed by atoms with E-state index < -0.39 is 6.10 Å². The Morgan fingerprint density at radius 1 is 1.28 bits per heavy atom. The number of allylic oxidation sites excluding steroid dienone is 1. The van der Waals surface area contributed by atoms with E-state index in [1.165, 1.54) is 11.8 Å². The van der Waals surface area contributed by atoms with E-state index in [9.17, 15) is 10.4 Å². The van der Waals surface area contributed by atoms with E-state index in [-0.39, 0.29) is 12.4 Å². The van der Waals surface area contributed by atoms with E-state index in [2.05, 4.69) is 16.7 Å². The van der Waals surface area contributed by atoms with Gasteiger partial charge >= 0.3 is 0 Å². The van der Waals surface area contributed by atoms with Crippen LogP contribution in [0.5, 0.6) is 11.5 Å². The molecule has 6 nitrogen and oxygen atoms in total. The third-order valence-corrected chi connectivity index (χ3v) is 5.38. The number of thioether (sulfide) groups is 1. The first-order chi connectivity index (χ1) is 13.5. The fraction of sp³-hybridized carbons (Fsp3) is 0.571. The van der Waals surface area contributed by atoms with Crippen molar-refractivity contribution in [3.8, 4) is 17.6 Å². The maximum atomic E-state index is 10.2. The highest BCUT2D eigenvalue weighted by Gasteiger charge is 2.22. The van der Waals surface area contributed by atoms with Gasteiger partial charge in [0.25, 0.3) is 0 Å². The quantitative estimate of drug-likeness (QED) is 0.480. The molecule has 3 N–H and O–H groups in total. The summed E-state index contributed by atoms with van der Waals surface area (Å²) in [5.41, 5.74) is 2.91. The monoisotopic (exact) mass is 441 g/mol. The van der Waals surface area contributed by atoms with Crippen LogP contribution in [0.2, 0.25) is 0 Å². The first-order valence-electron chi connectivity index (χ1n) is 9.85. The number of benzene rings is 1. The van der Waals surface area contributed by atoms with Gasteiger partial charge in [-0.2, -0.15) is 5.26 Å². The van der Waals surface area contributed by atoms with Gasteiger partial charge in [-0.15, -0.1) is 24.2 Å². The zero-order valence-corrected chi connectivity index (χ0v) is 19.2. The average molecular weight is 442 g/mol. The van der Waals surface area contributed by atoms with Crippen molar-refractivity contribution in [1.82, 2.24) is 10.6 Å². The molecule has 1 heterocycles. The van der Waals surface area contributed by atoms with E-state index in [1.807, 2.05) is 39.8 Å². The molecule has 0 aromatic heterocycles. The number of nitrogens with zero attached hydrogens (tertiary/aromatic N) is 1. The number of halogens is 1. The zero-order chi connectivity index (χ0) is 20.5. The lowest BCUT2D eigenvalue weighted by Crippen LogP contribution is -2.33. The van der Waals surface area contributed by atoms with Crippen LogP contribution in [0.3, 0.4) is 0 Å². The molecule has 1 aliphatic rings. The van der Waals surface area contributed by atoms with Crippen LogP contribution in [0.25, 0.3) is 5.70 Å². The van der Waals surface area contributed by atoms with E-state index >= 15 is 0 Å². The van der Waals surface area contributed by atoms with Crippen LogP contribution >= 0.6 is 24.2 Å². The smallest absolute Gasteiger partial charge is 0.161 e. The summed E-state index contributed by atoms with van der Waals surface area (Å²) in [5.74, 6) is 1.89. The van der Waals surface area contributed by atoms with E-state index in [0.717, 1.165) is 35.5 Å². The standard InChI is InChI=1S/C21H31N3O3S.ClH/c1-5-26-18-9-15-7-8-23-21(17(15)10-19(18)27-6-2)20(11-22)28-13-16(25)12-24-14(3)4;/h9-10,14,16,23-25H,5-8,12-13H2,1-4H3;1H. The Hall–Kier alpha value is -1.59. The lowest BCUT2D eigenvalue weighted by molar-refractivity contribution is 0.192. The first kappa shape index (κ1) is 25.4. The van der Waals surface area contributed by atoms with Gasteiger partial charge in [-0.3, -0.25) is 0 Å². The third kappa shape index (κ3) is 7.31. The Morgan fingerprint density at radius 2 is 1.93 bits per heavy atom. The topological polar surface area (TPSA) is 86.5 Å². The minimum absolute atomic E-state index is 0. The molecule has 0 aliphatic carbocycles. The molecule has 1 unspecified atom stereocenters. The number of fused-ring (bicyclic) bond motifs is 1. The summed E-state index contributed by atoms with van der Waals surface area (Å²) in [6.07, 6.45) is 0.342. The van der Waals surface area contributed by atoms with Crippen LogP contribution in [0.1, 0.15) is 38.8 Å². The largest absolute Gasteiger partial charge is 0.490 e. The predicted molar refractivity (Wildman–Crippen MR) is 122 cm³/mol. The summed E-state index contributed by atoms with van der Waals surface area (Å²) in [7, 11) is 0.